The molecular weight excluding hydrogens is 385 g/mol. The maximum atomic E-state index is 13.6. The third-order valence-corrected chi connectivity index (χ3v) is 6.02. The van der Waals surface area contributed by atoms with Crippen LogP contribution in [0.4, 0.5) is 10.1 Å². The molecule has 0 spiro atoms. The summed E-state index contributed by atoms with van der Waals surface area (Å²) in [5.41, 5.74) is 4.27. The highest BCUT2D eigenvalue weighted by Gasteiger charge is 2.21. The summed E-state index contributed by atoms with van der Waals surface area (Å²) in [5.74, 6) is -0.543. The number of hydrogen-bond donors (Lipinski definition) is 0. The van der Waals surface area contributed by atoms with Gasteiger partial charge in [-0.25, -0.2) is 9.18 Å². The molecule has 0 saturated carbocycles. The highest BCUT2D eigenvalue weighted by atomic mass is 19.1. The first-order valence-electron chi connectivity index (χ1n) is 10.4. The Bertz CT molecular complexity index is 1250. The number of benzene rings is 2. The number of anilines is 1. The molecule has 1 saturated heterocycles. The van der Waals surface area contributed by atoms with E-state index in [-0.39, 0.29) is 11.6 Å². The fourth-order valence-corrected chi connectivity index (χ4v) is 4.36. The van der Waals surface area contributed by atoms with Crippen LogP contribution in [0.3, 0.4) is 0 Å². The summed E-state index contributed by atoms with van der Waals surface area (Å²) in [4.78, 5) is 16.8. The third kappa shape index (κ3) is 3.29. The van der Waals surface area contributed by atoms with E-state index in [4.69, 9.17) is 8.83 Å². The maximum Gasteiger partial charge on any atom is 0.420 e. The van der Waals surface area contributed by atoms with Crippen LogP contribution in [0, 0.1) is 5.82 Å². The van der Waals surface area contributed by atoms with Crippen LogP contribution in [-0.2, 0) is 13.0 Å². The minimum absolute atomic E-state index is 0.239. The van der Waals surface area contributed by atoms with Crippen molar-refractivity contribution in [3.05, 3.63) is 64.6 Å². The second-order valence-corrected chi connectivity index (χ2v) is 7.72. The van der Waals surface area contributed by atoms with Crippen molar-refractivity contribution in [1.29, 1.82) is 0 Å². The Morgan fingerprint density at radius 2 is 1.93 bits per heavy atom. The summed E-state index contributed by atoms with van der Waals surface area (Å²) in [6.45, 7) is 6.99. The minimum Gasteiger partial charge on any atom is -0.464 e. The molecule has 0 amide bonds. The second-order valence-electron chi connectivity index (χ2n) is 7.72. The second kappa shape index (κ2) is 7.65. The van der Waals surface area contributed by atoms with Crippen molar-refractivity contribution in [1.82, 2.24) is 9.47 Å². The number of nitrogens with zero attached hydrogens (tertiary/aromatic N) is 3. The molecule has 0 aliphatic carbocycles. The molecule has 30 heavy (non-hydrogen) atoms. The average Bonchev–Trinajstić information content (AvgIpc) is 3.31. The van der Waals surface area contributed by atoms with Gasteiger partial charge >= 0.3 is 5.76 Å². The van der Waals surface area contributed by atoms with Crippen molar-refractivity contribution in [3.63, 3.8) is 0 Å². The van der Waals surface area contributed by atoms with Gasteiger partial charge in [0.25, 0.3) is 0 Å². The average molecular weight is 409 g/mol. The predicted octanol–water partition coefficient (Wildman–Crippen LogP) is 3.86. The fourth-order valence-electron chi connectivity index (χ4n) is 4.36. The molecule has 0 radical (unpaired) electrons. The summed E-state index contributed by atoms with van der Waals surface area (Å²) >= 11 is 0. The summed E-state index contributed by atoms with van der Waals surface area (Å²) in [5, 5.41) is 0.857. The summed E-state index contributed by atoms with van der Waals surface area (Å²) in [6.07, 6.45) is 2.56. The van der Waals surface area contributed by atoms with E-state index in [2.05, 4.69) is 9.80 Å². The molecule has 6 nitrogen and oxygen atoms in total. The summed E-state index contributed by atoms with van der Waals surface area (Å²) in [7, 11) is 0. The first-order chi connectivity index (χ1) is 14.6. The molecule has 5 rings (SSSR count). The predicted molar refractivity (Wildman–Crippen MR) is 115 cm³/mol. The zero-order valence-electron chi connectivity index (χ0n) is 16.9. The molecule has 0 unspecified atom stereocenters. The fraction of sp³-hybridized carbons (Fsp3) is 0.348. The molecule has 2 aromatic carbocycles. The van der Waals surface area contributed by atoms with Gasteiger partial charge in [-0.15, -0.1) is 0 Å². The normalized spacial score (nSPS) is 15.5. The number of aromatic nitrogens is 1. The highest BCUT2D eigenvalue weighted by Crippen LogP contribution is 2.27. The van der Waals surface area contributed by atoms with Gasteiger partial charge in [0, 0.05) is 44.7 Å². The van der Waals surface area contributed by atoms with E-state index in [1.54, 1.807) is 23.0 Å². The Labute approximate surface area is 173 Å². The van der Waals surface area contributed by atoms with E-state index < -0.39 is 0 Å². The summed E-state index contributed by atoms with van der Waals surface area (Å²) in [6, 6.07) is 10.6. The number of furan rings is 1. The van der Waals surface area contributed by atoms with Gasteiger partial charge in [0.1, 0.15) is 11.4 Å². The molecular formula is C23H24FN3O3. The zero-order valence-corrected chi connectivity index (χ0v) is 16.9. The lowest BCUT2D eigenvalue weighted by atomic mass is 10.1. The van der Waals surface area contributed by atoms with Crippen molar-refractivity contribution in [2.45, 2.75) is 19.9 Å². The Morgan fingerprint density at radius 1 is 1.10 bits per heavy atom. The topological polar surface area (TPSA) is 54.8 Å². The molecule has 156 valence electrons. The van der Waals surface area contributed by atoms with Crippen molar-refractivity contribution in [3.8, 4) is 0 Å². The number of aryl methyl sites for hydroxylation is 1. The molecule has 0 N–H and O–H groups in total. The van der Waals surface area contributed by atoms with Gasteiger partial charge in [-0.05, 0) is 49.2 Å². The first-order valence-corrected chi connectivity index (χ1v) is 10.4. The Hall–Kier alpha value is -3.06. The van der Waals surface area contributed by atoms with Crippen LogP contribution < -0.4 is 10.7 Å². The van der Waals surface area contributed by atoms with E-state index in [9.17, 15) is 9.18 Å². The minimum atomic E-state index is -0.303. The lowest BCUT2D eigenvalue weighted by Gasteiger charge is -2.36. The Morgan fingerprint density at radius 3 is 2.73 bits per heavy atom. The maximum absolute atomic E-state index is 13.6. The Kier molecular flexibility index (Phi) is 4.83. The van der Waals surface area contributed by atoms with Gasteiger partial charge in [0.15, 0.2) is 5.58 Å². The number of halogens is 1. The number of piperazine rings is 1. The number of fused-ring (bicyclic) bond motifs is 2. The highest BCUT2D eigenvalue weighted by molar-refractivity contribution is 5.87. The third-order valence-electron chi connectivity index (χ3n) is 6.02. The number of rotatable bonds is 5. The van der Waals surface area contributed by atoms with Gasteiger partial charge in [-0.2, -0.15) is 0 Å². The molecule has 0 atom stereocenters. The SMILES string of the molecule is CCn1c(=O)oc2c(N3CCN(CCc4coc5ccc(F)cc45)CC3)cccc21. The standard InChI is InChI=1S/C23H24FN3O3/c1-2-27-20-5-3-4-19(22(20)30-23(27)28)26-12-10-25(11-13-26)9-8-16-15-29-21-7-6-17(24)14-18(16)21/h3-7,14-15H,2,8-13H2,1H3. The zero-order chi connectivity index (χ0) is 20.7. The first kappa shape index (κ1) is 18.9. The van der Waals surface area contributed by atoms with E-state index >= 15 is 0 Å². The van der Waals surface area contributed by atoms with E-state index in [1.165, 1.54) is 6.07 Å². The lowest BCUT2D eigenvalue weighted by Crippen LogP contribution is -2.47. The van der Waals surface area contributed by atoms with Crippen molar-refractivity contribution < 1.29 is 13.2 Å². The monoisotopic (exact) mass is 409 g/mol. The molecule has 1 aliphatic heterocycles. The van der Waals surface area contributed by atoms with Crippen LogP contribution in [0.15, 0.2) is 56.3 Å². The van der Waals surface area contributed by atoms with Crippen LogP contribution in [-0.4, -0.2) is 42.2 Å². The van der Waals surface area contributed by atoms with Gasteiger partial charge in [0.05, 0.1) is 17.5 Å². The van der Waals surface area contributed by atoms with Gasteiger partial charge < -0.3 is 13.7 Å². The van der Waals surface area contributed by atoms with Crippen LogP contribution >= 0.6 is 0 Å². The molecule has 3 heterocycles. The number of oxazole rings is 1. The molecule has 7 heteroatoms. The smallest absolute Gasteiger partial charge is 0.420 e. The largest absolute Gasteiger partial charge is 0.464 e. The van der Waals surface area contributed by atoms with E-state index in [0.29, 0.717) is 12.1 Å². The molecule has 1 aliphatic rings. The van der Waals surface area contributed by atoms with E-state index in [0.717, 1.165) is 66.9 Å². The lowest BCUT2D eigenvalue weighted by molar-refractivity contribution is 0.261. The van der Waals surface area contributed by atoms with Crippen molar-refractivity contribution in [2.75, 3.05) is 37.6 Å². The van der Waals surface area contributed by atoms with Crippen LogP contribution in [0.25, 0.3) is 22.1 Å². The Balaban J connectivity index is 1.26. The summed E-state index contributed by atoms with van der Waals surface area (Å²) < 4.78 is 26.3. The van der Waals surface area contributed by atoms with Gasteiger partial charge in [0.2, 0.25) is 0 Å². The van der Waals surface area contributed by atoms with Gasteiger partial charge in [-0.1, -0.05) is 6.07 Å². The van der Waals surface area contributed by atoms with Crippen LogP contribution in [0.5, 0.6) is 0 Å². The number of hydrogen-bond acceptors (Lipinski definition) is 5. The number of para-hydroxylation sites is 1. The van der Waals surface area contributed by atoms with Gasteiger partial charge in [-0.3, -0.25) is 9.47 Å². The molecule has 0 bridgehead atoms. The van der Waals surface area contributed by atoms with Crippen molar-refractivity contribution in [2.24, 2.45) is 0 Å². The van der Waals surface area contributed by atoms with E-state index in [1.807, 2.05) is 25.1 Å². The van der Waals surface area contributed by atoms with Crippen molar-refractivity contribution >= 4 is 27.8 Å². The van der Waals surface area contributed by atoms with Crippen LogP contribution in [0.1, 0.15) is 12.5 Å². The molecule has 2 aromatic heterocycles. The molecule has 4 aromatic rings. The van der Waals surface area contributed by atoms with Crippen LogP contribution in [0.2, 0.25) is 0 Å². The molecule has 1 fully saturated rings. The quantitative estimate of drug-likeness (QED) is 0.501.